The largest absolute Gasteiger partial charge is 0.478 e. The molecule has 1 fully saturated rings. The summed E-state index contributed by atoms with van der Waals surface area (Å²) < 4.78 is 1.45. The third-order valence-corrected chi connectivity index (χ3v) is 5.70. The summed E-state index contributed by atoms with van der Waals surface area (Å²) in [6.45, 7) is 1.53. The summed E-state index contributed by atoms with van der Waals surface area (Å²) >= 11 is 6.12. The Balaban J connectivity index is 1.46. The molecule has 1 aromatic heterocycles. The second-order valence-corrected chi connectivity index (χ2v) is 8.42. The Labute approximate surface area is 205 Å². The summed E-state index contributed by atoms with van der Waals surface area (Å²) in [4.78, 5) is 36.7. The van der Waals surface area contributed by atoms with E-state index in [1.54, 1.807) is 24.3 Å². The first kappa shape index (κ1) is 24.0. The van der Waals surface area contributed by atoms with Gasteiger partial charge >= 0.3 is 5.97 Å². The number of carbonyl (C=O) groups is 3. The molecule has 1 aliphatic rings. The number of hydrogen-bond donors (Lipinski definition) is 4. The van der Waals surface area contributed by atoms with Gasteiger partial charge < -0.3 is 21.1 Å². The fourth-order valence-electron chi connectivity index (χ4n) is 3.53. The standard InChI is InChI=1S/C23H22ClN7O4/c24-17-4-7-20(31-13-26-29-30-31)16(10-17)3-8-21(32)28-19(9-14-11-25-12-14)22(33)27-18-5-1-15(2-6-18)23(34)35/h1-8,10,13-14,19,25H,9,11-12H2,(H,27,33)(H,28,32)(H,34,35)/t19-/m0/s1. The quantitative estimate of drug-likeness (QED) is 0.328. The number of tetrazole rings is 1. The van der Waals surface area contributed by atoms with Crippen molar-refractivity contribution in [2.45, 2.75) is 12.5 Å². The van der Waals surface area contributed by atoms with E-state index < -0.39 is 17.9 Å². The lowest BCUT2D eigenvalue weighted by Crippen LogP contribution is -2.50. The molecule has 0 bridgehead atoms. The number of carboxylic acid groups (broad SMARTS) is 1. The molecule has 0 saturated carbocycles. The highest BCUT2D eigenvalue weighted by atomic mass is 35.5. The van der Waals surface area contributed by atoms with Gasteiger partial charge in [-0.1, -0.05) is 11.6 Å². The van der Waals surface area contributed by atoms with Gasteiger partial charge in [0.15, 0.2) is 0 Å². The summed E-state index contributed by atoms with van der Waals surface area (Å²) in [6.07, 6.45) is 4.78. The van der Waals surface area contributed by atoms with Crippen molar-refractivity contribution in [1.29, 1.82) is 0 Å². The molecule has 1 aliphatic heterocycles. The van der Waals surface area contributed by atoms with E-state index in [4.69, 9.17) is 16.7 Å². The number of benzene rings is 2. The Morgan fingerprint density at radius 1 is 1.20 bits per heavy atom. The fourth-order valence-corrected chi connectivity index (χ4v) is 3.71. The van der Waals surface area contributed by atoms with Crippen LogP contribution >= 0.6 is 11.6 Å². The molecule has 0 aliphatic carbocycles. The van der Waals surface area contributed by atoms with E-state index in [-0.39, 0.29) is 17.4 Å². The van der Waals surface area contributed by atoms with Crippen molar-refractivity contribution in [3.63, 3.8) is 0 Å². The molecule has 35 heavy (non-hydrogen) atoms. The third kappa shape index (κ3) is 6.28. The molecule has 12 heteroatoms. The highest BCUT2D eigenvalue weighted by Crippen LogP contribution is 2.20. The van der Waals surface area contributed by atoms with Gasteiger partial charge in [0, 0.05) is 22.3 Å². The lowest BCUT2D eigenvalue weighted by molar-refractivity contribution is -0.124. The SMILES string of the molecule is O=C(C=Cc1cc(Cl)ccc1-n1cnnn1)N[C@@H](CC1CNC1)C(=O)Nc1ccc(C(=O)O)cc1. The van der Waals surface area contributed by atoms with Crippen LogP contribution in [-0.4, -0.2) is 62.2 Å². The number of carboxylic acids is 1. The van der Waals surface area contributed by atoms with Crippen molar-refractivity contribution in [2.75, 3.05) is 18.4 Å². The molecular weight excluding hydrogens is 474 g/mol. The van der Waals surface area contributed by atoms with E-state index in [0.717, 1.165) is 13.1 Å². The van der Waals surface area contributed by atoms with Crippen molar-refractivity contribution in [2.24, 2.45) is 5.92 Å². The summed E-state index contributed by atoms with van der Waals surface area (Å²) in [5, 5.41) is 29.3. The molecule has 2 amide bonds. The minimum absolute atomic E-state index is 0.112. The summed E-state index contributed by atoms with van der Waals surface area (Å²) in [5.74, 6) is -1.65. The fraction of sp³-hybridized carbons (Fsp3) is 0.217. The van der Waals surface area contributed by atoms with Crippen molar-refractivity contribution in [3.8, 4) is 5.69 Å². The van der Waals surface area contributed by atoms with Crippen LogP contribution in [0.15, 0.2) is 54.9 Å². The number of amides is 2. The predicted molar refractivity (Wildman–Crippen MR) is 128 cm³/mol. The van der Waals surface area contributed by atoms with E-state index in [0.29, 0.717) is 28.4 Å². The van der Waals surface area contributed by atoms with Gasteiger partial charge in [-0.25, -0.2) is 4.79 Å². The molecule has 1 saturated heterocycles. The van der Waals surface area contributed by atoms with Crippen LogP contribution in [0, 0.1) is 5.92 Å². The van der Waals surface area contributed by atoms with Crippen LogP contribution in [0.5, 0.6) is 0 Å². The normalized spacial score (nSPS) is 14.3. The maximum atomic E-state index is 12.9. The molecule has 3 aromatic rings. The zero-order valence-electron chi connectivity index (χ0n) is 18.4. The first-order valence-electron chi connectivity index (χ1n) is 10.8. The maximum Gasteiger partial charge on any atom is 0.335 e. The van der Waals surface area contributed by atoms with Crippen LogP contribution in [0.1, 0.15) is 22.3 Å². The summed E-state index contributed by atoms with van der Waals surface area (Å²) in [6, 6.07) is 10.1. The Hall–Kier alpha value is -4.09. The Bertz CT molecular complexity index is 1240. The molecule has 4 rings (SSSR count). The zero-order chi connectivity index (χ0) is 24.8. The number of rotatable bonds is 9. The lowest BCUT2D eigenvalue weighted by atomic mass is 9.94. The minimum Gasteiger partial charge on any atom is -0.478 e. The number of nitrogens with zero attached hydrogens (tertiary/aromatic N) is 4. The predicted octanol–water partition coefficient (Wildman–Crippen LogP) is 1.76. The van der Waals surface area contributed by atoms with E-state index in [9.17, 15) is 14.4 Å². The molecule has 11 nitrogen and oxygen atoms in total. The molecule has 2 heterocycles. The molecular formula is C23H22ClN7O4. The van der Waals surface area contributed by atoms with Gasteiger partial charge in [-0.05, 0) is 84.4 Å². The number of aromatic nitrogens is 4. The highest BCUT2D eigenvalue weighted by molar-refractivity contribution is 6.30. The van der Waals surface area contributed by atoms with E-state index in [2.05, 4.69) is 31.5 Å². The van der Waals surface area contributed by atoms with Crippen LogP contribution in [-0.2, 0) is 9.59 Å². The van der Waals surface area contributed by atoms with E-state index in [1.807, 2.05) is 0 Å². The van der Waals surface area contributed by atoms with Crippen molar-refractivity contribution in [3.05, 3.63) is 71.0 Å². The number of carbonyl (C=O) groups excluding carboxylic acids is 2. The first-order valence-corrected chi connectivity index (χ1v) is 11.1. The second kappa shape index (κ2) is 10.9. The van der Waals surface area contributed by atoms with Gasteiger partial charge in [0.25, 0.3) is 0 Å². The maximum absolute atomic E-state index is 12.9. The van der Waals surface area contributed by atoms with Crippen LogP contribution in [0.3, 0.4) is 0 Å². The highest BCUT2D eigenvalue weighted by Gasteiger charge is 2.27. The lowest BCUT2D eigenvalue weighted by Gasteiger charge is -2.30. The number of halogens is 1. The van der Waals surface area contributed by atoms with Gasteiger partial charge in [-0.15, -0.1) is 5.10 Å². The second-order valence-electron chi connectivity index (χ2n) is 7.98. The smallest absolute Gasteiger partial charge is 0.335 e. The van der Waals surface area contributed by atoms with Crippen molar-refractivity contribution < 1.29 is 19.5 Å². The molecule has 0 unspecified atom stereocenters. The van der Waals surface area contributed by atoms with Crippen LogP contribution in [0.25, 0.3) is 11.8 Å². The number of anilines is 1. The summed E-state index contributed by atoms with van der Waals surface area (Å²) in [7, 11) is 0. The van der Waals surface area contributed by atoms with E-state index >= 15 is 0 Å². The first-order chi connectivity index (χ1) is 16.9. The number of nitrogens with one attached hydrogen (secondary N) is 3. The monoisotopic (exact) mass is 495 g/mol. The molecule has 1 atom stereocenters. The number of aromatic carboxylic acids is 1. The van der Waals surface area contributed by atoms with Crippen LogP contribution < -0.4 is 16.0 Å². The van der Waals surface area contributed by atoms with E-state index in [1.165, 1.54) is 41.4 Å². The molecule has 0 radical (unpaired) electrons. The Morgan fingerprint density at radius 2 is 1.97 bits per heavy atom. The average molecular weight is 496 g/mol. The molecule has 180 valence electrons. The minimum atomic E-state index is -1.06. The van der Waals surface area contributed by atoms with Gasteiger partial charge in [0.2, 0.25) is 11.8 Å². The summed E-state index contributed by atoms with van der Waals surface area (Å²) in [5.41, 5.74) is 1.79. The van der Waals surface area contributed by atoms with Gasteiger partial charge in [0.05, 0.1) is 11.3 Å². The van der Waals surface area contributed by atoms with Crippen LogP contribution in [0.4, 0.5) is 5.69 Å². The van der Waals surface area contributed by atoms with Gasteiger partial charge in [-0.2, -0.15) is 4.68 Å². The molecule has 4 N–H and O–H groups in total. The number of hydrogen-bond acceptors (Lipinski definition) is 7. The molecule has 0 spiro atoms. The Kier molecular flexibility index (Phi) is 7.48. The van der Waals surface area contributed by atoms with Gasteiger partial charge in [-0.3, -0.25) is 9.59 Å². The topological polar surface area (TPSA) is 151 Å². The Morgan fingerprint density at radius 3 is 2.60 bits per heavy atom. The van der Waals surface area contributed by atoms with Gasteiger partial charge in [0.1, 0.15) is 12.4 Å². The van der Waals surface area contributed by atoms with Crippen molar-refractivity contribution in [1.82, 2.24) is 30.8 Å². The third-order valence-electron chi connectivity index (χ3n) is 5.47. The van der Waals surface area contributed by atoms with Crippen molar-refractivity contribution >= 4 is 41.1 Å². The average Bonchev–Trinajstić information content (AvgIpc) is 3.34. The van der Waals surface area contributed by atoms with Crippen LogP contribution in [0.2, 0.25) is 5.02 Å². The molecule has 2 aromatic carbocycles. The zero-order valence-corrected chi connectivity index (χ0v) is 19.1.